The molecular weight excluding hydrogens is 270 g/mol. The van der Waals surface area contributed by atoms with Crippen molar-refractivity contribution >= 4 is 35.3 Å². The first-order valence-electron chi connectivity index (χ1n) is 6.14. The Morgan fingerprint density at radius 3 is 2.61 bits per heavy atom. The van der Waals surface area contributed by atoms with Crippen LogP contribution in [0.15, 0.2) is 0 Å². The summed E-state index contributed by atoms with van der Waals surface area (Å²) in [5, 5.41) is 6.51. The topological polar surface area (TPSA) is 62.7 Å². The monoisotopic (exact) mass is 287 g/mol. The highest BCUT2D eigenvalue weighted by molar-refractivity contribution is 8.00. The van der Waals surface area contributed by atoms with Crippen molar-refractivity contribution in [3.8, 4) is 0 Å². The molecule has 7 heteroatoms. The van der Waals surface area contributed by atoms with Gasteiger partial charge in [-0.25, -0.2) is 0 Å². The third-order valence-corrected chi connectivity index (χ3v) is 4.57. The van der Waals surface area contributed by atoms with E-state index in [1.54, 1.807) is 0 Å². The second-order valence-corrected chi connectivity index (χ2v) is 6.56. The van der Waals surface area contributed by atoms with E-state index in [0.29, 0.717) is 11.9 Å². The highest BCUT2D eigenvalue weighted by Gasteiger charge is 2.29. The molecule has 2 heterocycles. The van der Waals surface area contributed by atoms with Gasteiger partial charge in [-0.05, 0) is 44.0 Å². The zero-order valence-electron chi connectivity index (χ0n) is 10.7. The number of thioether (sulfide) groups is 1. The van der Waals surface area contributed by atoms with Gasteiger partial charge in [0.25, 0.3) is 0 Å². The molecule has 5 nitrogen and oxygen atoms in total. The summed E-state index contributed by atoms with van der Waals surface area (Å²) in [6.45, 7) is 5.86. The second kappa shape index (κ2) is 5.93. The summed E-state index contributed by atoms with van der Waals surface area (Å²) in [5.41, 5.74) is 0. The van der Waals surface area contributed by atoms with E-state index in [1.807, 2.05) is 18.7 Å². The number of nitrogens with one attached hydrogen (secondary N) is 2. The van der Waals surface area contributed by atoms with Crippen molar-refractivity contribution in [2.24, 2.45) is 0 Å². The first-order chi connectivity index (χ1) is 8.61. The molecule has 0 spiro atoms. The molecule has 0 aromatic carbocycles. The van der Waals surface area contributed by atoms with E-state index in [-0.39, 0.29) is 10.0 Å². The molecule has 1 unspecified atom stereocenters. The van der Waals surface area contributed by atoms with Gasteiger partial charge in [0.2, 0.25) is 17.2 Å². The fraction of sp³-hybridized carbons (Fsp3) is 0.727. The number of hydrogen-bond acceptors (Lipinski definition) is 6. The van der Waals surface area contributed by atoms with E-state index >= 15 is 0 Å². The fourth-order valence-electron chi connectivity index (χ4n) is 1.91. The van der Waals surface area contributed by atoms with Gasteiger partial charge in [-0.3, -0.25) is 0 Å². The average molecular weight is 288 g/mol. The molecule has 1 saturated heterocycles. The Hall–Kier alpha value is -0.750. The van der Waals surface area contributed by atoms with Gasteiger partial charge in [-0.15, -0.1) is 0 Å². The maximum absolute atomic E-state index is 5.87. The van der Waals surface area contributed by atoms with E-state index < -0.39 is 0 Å². The normalized spacial score (nSPS) is 23.1. The molecule has 1 atom stereocenters. The Bertz CT molecular complexity index is 408. The van der Waals surface area contributed by atoms with Gasteiger partial charge in [0.05, 0.1) is 0 Å². The van der Waals surface area contributed by atoms with Crippen LogP contribution in [0.5, 0.6) is 0 Å². The van der Waals surface area contributed by atoms with Crippen molar-refractivity contribution in [2.75, 3.05) is 29.5 Å². The van der Waals surface area contributed by atoms with Crippen LogP contribution < -0.4 is 10.6 Å². The van der Waals surface area contributed by atoms with Crippen LogP contribution in [0.1, 0.15) is 26.7 Å². The molecule has 1 aromatic rings. The van der Waals surface area contributed by atoms with Crippen LogP contribution in [0, 0.1) is 0 Å². The molecule has 0 bridgehead atoms. The average Bonchev–Trinajstić information content (AvgIpc) is 2.74. The van der Waals surface area contributed by atoms with E-state index in [2.05, 4.69) is 32.5 Å². The lowest BCUT2D eigenvalue weighted by atomic mass is 10.1. The Labute approximate surface area is 117 Å². The molecule has 2 N–H and O–H groups in total. The lowest BCUT2D eigenvalue weighted by molar-refractivity contribution is 0.632. The van der Waals surface area contributed by atoms with Crippen molar-refractivity contribution in [3.05, 3.63) is 5.28 Å². The van der Waals surface area contributed by atoms with Crippen LogP contribution in [0.4, 0.5) is 11.9 Å². The summed E-state index contributed by atoms with van der Waals surface area (Å²) in [6, 6.07) is 0. The summed E-state index contributed by atoms with van der Waals surface area (Å²) >= 11 is 7.87. The van der Waals surface area contributed by atoms with Crippen LogP contribution in [0.2, 0.25) is 5.28 Å². The van der Waals surface area contributed by atoms with Crippen molar-refractivity contribution in [1.82, 2.24) is 15.0 Å². The zero-order chi connectivity index (χ0) is 13.0. The highest BCUT2D eigenvalue weighted by atomic mass is 35.5. The molecule has 0 aliphatic carbocycles. The number of nitrogens with zero attached hydrogens (tertiary/aromatic N) is 3. The van der Waals surface area contributed by atoms with Crippen molar-refractivity contribution in [1.29, 1.82) is 0 Å². The lowest BCUT2D eigenvalue weighted by Crippen LogP contribution is -2.28. The molecule has 0 amide bonds. The van der Waals surface area contributed by atoms with Gasteiger partial charge in [0.1, 0.15) is 0 Å². The lowest BCUT2D eigenvalue weighted by Gasteiger charge is -2.22. The number of anilines is 2. The molecule has 100 valence electrons. The number of aromatic nitrogens is 3. The standard InChI is InChI=1S/C11H18ClN5S/c1-3-13-9-15-8(12)16-10(17-9)14-7-11(2)5-4-6-18-11/h3-7H2,1-2H3,(H2,13,14,15,16,17). The van der Waals surface area contributed by atoms with Gasteiger partial charge < -0.3 is 10.6 Å². The van der Waals surface area contributed by atoms with Crippen molar-refractivity contribution in [2.45, 2.75) is 31.4 Å². The first kappa shape index (κ1) is 13.7. The minimum absolute atomic E-state index is 0.215. The van der Waals surface area contributed by atoms with Crippen LogP contribution in [-0.2, 0) is 0 Å². The molecular formula is C11H18ClN5S. The van der Waals surface area contributed by atoms with E-state index in [1.165, 1.54) is 18.6 Å². The predicted molar refractivity (Wildman–Crippen MR) is 77.6 cm³/mol. The number of halogens is 1. The van der Waals surface area contributed by atoms with E-state index in [4.69, 9.17) is 11.6 Å². The smallest absolute Gasteiger partial charge is 0.228 e. The summed E-state index contributed by atoms with van der Waals surface area (Å²) < 4.78 is 0.275. The SMILES string of the molecule is CCNc1nc(Cl)nc(NCC2(C)CCCS2)n1. The quantitative estimate of drug-likeness (QED) is 0.868. The summed E-state index contributed by atoms with van der Waals surface area (Å²) in [5.74, 6) is 2.29. The second-order valence-electron chi connectivity index (χ2n) is 4.54. The minimum Gasteiger partial charge on any atom is -0.354 e. The Balaban J connectivity index is 2.00. The Morgan fingerprint density at radius 2 is 2.00 bits per heavy atom. The van der Waals surface area contributed by atoms with Gasteiger partial charge >= 0.3 is 0 Å². The Kier molecular flexibility index (Phi) is 4.50. The number of hydrogen-bond donors (Lipinski definition) is 2. The molecule has 0 radical (unpaired) electrons. The van der Waals surface area contributed by atoms with Crippen molar-refractivity contribution < 1.29 is 0 Å². The van der Waals surface area contributed by atoms with Crippen LogP contribution in [0.25, 0.3) is 0 Å². The third kappa shape index (κ3) is 3.62. The molecule has 2 rings (SSSR count). The maximum atomic E-state index is 5.87. The van der Waals surface area contributed by atoms with Crippen LogP contribution in [-0.4, -0.2) is 38.5 Å². The molecule has 18 heavy (non-hydrogen) atoms. The predicted octanol–water partition coefficient (Wildman–Crippen LogP) is 2.65. The van der Waals surface area contributed by atoms with Gasteiger partial charge in [0.15, 0.2) is 0 Å². The molecule has 1 aliphatic heterocycles. The molecule has 1 aromatic heterocycles. The third-order valence-electron chi connectivity index (χ3n) is 2.86. The Morgan fingerprint density at radius 1 is 1.28 bits per heavy atom. The summed E-state index contributed by atoms with van der Waals surface area (Å²) in [6.07, 6.45) is 2.51. The van der Waals surface area contributed by atoms with Gasteiger partial charge in [-0.1, -0.05) is 0 Å². The van der Waals surface area contributed by atoms with Crippen LogP contribution >= 0.6 is 23.4 Å². The molecule has 0 saturated carbocycles. The molecule has 1 aliphatic rings. The maximum Gasteiger partial charge on any atom is 0.228 e. The highest BCUT2D eigenvalue weighted by Crippen LogP contribution is 2.37. The van der Waals surface area contributed by atoms with E-state index in [0.717, 1.165) is 13.1 Å². The largest absolute Gasteiger partial charge is 0.354 e. The summed E-state index contributed by atoms with van der Waals surface area (Å²) in [7, 11) is 0. The minimum atomic E-state index is 0.215. The van der Waals surface area contributed by atoms with Gasteiger partial charge in [0, 0.05) is 17.8 Å². The van der Waals surface area contributed by atoms with Crippen LogP contribution in [0.3, 0.4) is 0 Å². The molecule has 1 fully saturated rings. The van der Waals surface area contributed by atoms with Crippen molar-refractivity contribution in [3.63, 3.8) is 0 Å². The fourth-order valence-corrected chi connectivity index (χ4v) is 3.31. The van der Waals surface area contributed by atoms with E-state index in [9.17, 15) is 0 Å². The summed E-state index contributed by atoms with van der Waals surface area (Å²) in [4.78, 5) is 12.4. The number of rotatable bonds is 5. The zero-order valence-corrected chi connectivity index (χ0v) is 12.2. The van der Waals surface area contributed by atoms with Gasteiger partial charge in [-0.2, -0.15) is 26.7 Å². The first-order valence-corrected chi connectivity index (χ1v) is 7.51.